The van der Waals surface area contributed by atoms with E-state index >= 15 is 0 Å². The first-order chi connectivity index (χ1) is 12.1. The predicted molar refractivity (Wildman–Crippen MR) is 96.4 cm³/mol. The van der Waals surface area contributed by atoms with Crippen LogP contribution < -0.4 is 5.32 Å². The Morgan fingerprint density at radius 2 is 1.88 bits per heavy atom. The maximum atomic E-state index is 13.8. The molecule has 2 rings (SSSR count). The van der Waals surface area contributed by atoms with E-state index in [4.69, 9.17) is 0 Å². The monoisotopic (exact) mass is 366 g/mol. The highest BCUT2D eigenvalue weighted by Crippen LogP contribution is 2.24. The van der Waals surface area contributed by atoms with E-state index in [9.17, 15) is 18.4 Å². The average Bonchev–Trinajstić information content (AvgIpc) is 2.57. The molecule has 0 spiro atoms. The van der Waals surface area contributed by atoms with E-state index in [0.29, 0.717) is 19.5 Å². The Morgan fingerprint density at radius 3 is 2.46 bits per heavy atom. The highest BCUT2D eigenvalue weighted by Gasteiger charge is 2.33. The topological polar surface area (TPSA) is 49.4 Å². The van der Waals surface area contributed by atoms with Crippen molar-refractivity contribution in [2.45, 2.75) is 53.0 Å². The molecule has 0 aliphatic carbocycles. The molecule has 0 bridgehead atoms. The number of hydrogen-bond acceptors (Lipinski definition) is 2. The highest BCUT2D eigenvalue weighted by atomic mass is 19.1. The zero-order valence-corrected chi connectivity index (χ0v) is 15.9. The van der Waals surface area contributed by atoms with Crippen molar-refractivity contribution < 1.29 is 18.4 Å². The van der Waals surface area contributed by atoms with Gasteiger partial charge in [0.1, 0.15) is 11.6 Å². The van der Waals surface area contributed by atoms with Gasteiger partial charge < -0.3 is 10.2 Å². The number of piperidine rings is 1. The Balaban J connectivity index is 1.95. The molecule has 1 heterocycles. The summed E-state index contributed by atoms with van der Waals surface area (Å²) in [5, 5.41) is 2.84. The molecule has 1 N–H and O–H groups in total. The number of halogens is 2. The van der Waals surface area contributed by atoms with Gasteiger partial charge in [-0.25, -0.2) is 8.78 Å². The first-order valence-corrected chi connectivity index (χ1v) is 9.12. The number of nitrogens with one attached hydrogen (secondary N) is 1. The van der Waals surface area contributed by atoms with Crippen LogP contribution in [0.5, 0.6) is 0 Å². The van der Waals surface area contributed by atoms with Crippen LogP contribution in [0.4, 0.5) is 8.78 Å². The molecule has 1 saturated heterocycles. The van der Waals surface area contributed by atoms with Gasteiger partial charge in [0.2, 0.25) is 11.8 Å². The number of amides is 2. The number of nitrogens with zero attached hydrogens (tertiary/aromatic N) is 1. The van der Waals surface area contributed by atoms with Gasteiger partial charge in [0.25, 0.3) is 0 Å². The zero-order chi connectivity index (χ0) is 19.5. The molecule has 2 amide bonds. The summed E-state index contributed by atoms with van der Waals surface area (Å²) >= 11 is 0. The second-order valence-electron chi connectivity index (χ2n) is 8.15. The Bertz CT molecular complexity index is 650. The predicted octanol–water partition coefficient (Wildman–Crippen LogP) is 3.30. The minimum atomic E-state index is -0.606. The number of likely N-dealkylation sites (tertiary alicyclic amines) is 1. The quantitative estimate of drug-likeness (QED) is 0.889. The van der Waals surface area contributed by atoms with Gasteiger partial charge in [0, 0.05) is 30.1 Å². The fourth-order valence-corrected chi connectivity index (χ4v) is 3.30. The third kappa shape index (κ3) is 5.02. The van der Waals surface area contributed by atoms with E-state index in [1.165, 1.54) is 18.2 Å². The van der Waals surface area contributed by atoms with Gasteiger partial charge in [-0.3, -0.25) is 9.59 Å². The lowest BCUT2D eigenvalue weighted by atomic mass is 9.90. The van der Waals surface area contributed by atoms with Crippen LogP contribution in [0.3, 0.4) is 0 Å². The summed E-state index contributed by atoms with van der Waals surface area (Å²) in [4.78, 5) is 26.7. The van der Waals surface area contributed by atoms with Crippen LogP contribution in [-0.4, -0.2) is 35.8 Å². The van der Waals surface area contributed by atoms with Gasteiger partial charge in [-0.05, 0) is 38.3 Å². The van der Waals surface area contributed by atoms with Gasteiger partial charge in [0.05, 0.1) is 5.92 Å². The fraction of sp³-hybridized carbons (Fsp3) is 0.600. The van der Waals surface area contributed by atoms with Crippen molar-refractivity contribution in [1.29, 1.82) is 0 Å². The molecule has 1 aromatic carbocycles. The maximum absolute atomic E-state index is 13.8. The third-order valence-electron chi connectivity index (χ3n) is 4.68. The molecule has 1 aliphatic heterocycles. The SMILES string of the molecule is CC(Cc1c(F)cccc1F)NC(=O)C1CCCN(C(=O)C(C)(C)C)C1. The summed E-state index contributed by atoms with van der Waals surface area (Å²) in [7, 11) is 0. The van der Waals surface area contributed by atoms with Gasteiger partial charge in [0.15, 0.2) is 0 Å². The van der Waals surface area contributed by atoms with Gasteiger partial charge >= 0.3 is 0 Å². The fourth-order valence-electron chi connectivity index (χ4n) is 3.30. The summed E-state index contributed by atoms with van der Waals surface area (Å²) in [5.41, 5.74) is -0.498. The molecule has 1 fully saturated rings. The maximum Gasteiger partial charge on any atom is 0.227 e. The van der Waals surface area contributed by atoms with Crippen molar-refractivity contribution in [2.75, 3.05) is 13.1 Å². The minimum absolute atomic E-state index is 0.0199. The minimum Gasteiger partial charge on any atom is -0.353 e. The van der Waals surface area contributed by atoms with Crippen molar-refractivity contribution in [3.05, 3.63) is 35.4 Å². The molecule has 4 nitrogen and oxygen atoms in total. The van der Waals surface area contributed by atoms with Crippen LogP contribution in [0.2, 0.25) is 0 Å². The molecule has 144 valence electrons. The van der Waals surface area contributed by atoms with Crippen LogP contribution in [0, 0.1) is 23.0 Å². The third-order valence-corrected chi connectivity index (χ3v) is 4.68. The van der Waals surface area contributed by atoms with Crippen molar-refractivity contribution in [2.24, 2.45) is 11.3 Å². The Hall–Kier alpha value is -1.98. The molecule has 2 unspecified atom stereocenters. The van der Waals surface area contributed by atoms with E-state index < -0.39 is 23.1 Å². The van der Waals surface area contributed by atoms with Crippen LogP contribution in [0.25, 0.3) is 0 Å². The first-order valence-electron chi connectivity index (χ1n) is 9.12. The van der Waals surface area contributed by atoms with Crippen molar-refractivity contribution >= 4 is 11.8 Å². The first kappa shape index (κ1) is 20.3. The van der Waals surface area contributed by atoms with E-state index in [1.807, 2.05) is 20.8 Å². The van der Waals surface area contributed by atoms with Gasteiger partial charge in [-0.1, -0.05) is 26.8 Å². The number of benzene rings is 1. The van der Waals surface area contributed by atoms with Crippen molar-refractivity contribution in [1.82, 2.24) is 10.2 Å². The van der Waals surface area contributed by atoms with Crippen LogP contribution >= 0.6 is 0 Å². The van der Waals surface area contributed by atoms with Crippen LogP contribution in [-0.2, 0) is 16.0 Å². The normalized spacial score (nSPS) is 19.2. The molecule has 1 aromatic rings. The van der Waals surface area contributed by atoms with E-state index in [2.05, 4.69) is 5.32 Å². The summed E-state index contributed by atoms with van der Waals surface area (Å²) < 4.78 is 27.5. The lowest BCUT2D eigenvalue weighted by molar-refractivity contribution is -0.142. The summed E-state index contributed by atoms with van der Waals surface area (Å²) in [6.45, 7) is 8.38. The van der Waals surface area contributed by atoms with Crippen LogP contribution in [0.1, 0.15) is 46.1 Å². The summed E-state index contributed by atoms with van der Waals surface area (Å²) in [5.74, 6) is -1.63. The smallest absolute Gasteiger partial charge is 0.227 e. The molecule has 2 atom stereocenters. The lowest BCUT2D eigenvalue weighted by Crippen LogP contribution is -2.50. The molecule has 6 heteroatoms. The Labute approximate surface area is 153 Å². The van der Waals surface area contributed by atoms with E-state index in [-0.39, 0.29) is 29.7 Å². The molecule has 1 aliphatic rings. The Morgan fingerprint density at radius 1 is 1.27 bits per heavy atom. The highest BCUT2D eigenvalue weighted by molar-refractivity contribution is 5.84. The lowest BCUT2D eigenvalue weighted by Gasteiger charge is -2.36. The molecule has 0 saturated carbocycles. The Kier molecular flexibility index (Phi) is 6.37. The largest absolute Gasteiger partial charge is 0.353 e. The standard InChI is InChI=1S/C20H28F2N2O2/c1-13(11-15-16(21)8-5-9-17(15)22)23-18(25)14-7-6-10-24(12-14)19(26)20(2,3)4/h5,8-9,13-14H,6-7,10-12H2,1-4H3,(H,23,25). The molecule has 0 radical (unpaired) electrons. The number of hydrogen-bond donors (Lipinski definition) is 1. The molecular formula is C20H28F2N2O2. The van der Waals surface area contributed by atoms with E-state index in [1.54, 1.807) is 11.8 Å². The van der Waals surface area contributed by atoms with E-state index in [0.717, 1.165) is 6.42 Å². The molecular weight excluding hydrogens is 338 g/mol. The summed E-state index contributed by atoms with van der Waals surface area (Å²) in [6, 6.07) is 3.34. The zero-order valence-electron chi connectivity index (χ0n) is 15.9. The number of carbonyl (C=O) groups is 2. The van der Waals surface area contributed by atoms with Crippen molar-refractivity contribution in [3.8, 4) is 0 Å². The van der Waals surface area contributed by atoms with Crippen LogP contribution in [0.15, 0.2) is 18.2 Å². The number of rotatable bonds is 4. The van der Waals surface area contributed by atoms with Gasteiger partial charge in [-0.15, -0.1) is 0 Å². The summed E-state index contributed by atoms with van der Waals surface area (Å²) in [6.07, 6.45) is 1.57. The molecule has 26 heavy (non-hydrogen) atoms. The number of carbonyl (C=O) groups excluding carboxylic acids is 2. The van der Waals surface area contributed by atoms with Crippen molar-refractivity contribution in [3.63, 3.8) is 0 Å². The second kappa shape index (κ2) is 8.14. The molecule has 0 aromatic heterocycles. The van der Waals surface area contributed by atoms with Gasteiger partial charge in [-0.2, -0.15) is 0 Å². The average molecular weight is 366 g/mol. The second-order valence-corrected chi connectivity index (χ2v) is 8.15.